The lowest BCUT2D eigenvalue weighted by molar-refractivity contribution is 0.414. The van der Waals surface area contributed by atoms with Crippen LogP contribution in [-0.4, -0.2) is 12.3 Å². The van der Waals surface area contributed by atoms with Gasteiger partial charge in [0.2, 0.25) is 0 Å². The second kappa shape index (κ2) is 5.36. The SMILES string of the molecule is COc1ccc(-c2onc3ccc4c5cc(Br)ccc5oc4c23)cc1. The van der Waals surface area contributed by atoms with Gasteiger partial charge < -0.3 is 13.7 Å². The summed E-state index contributed by atoms with van der Waals surface area (Å²) in [6, 6.07) is 17.7. The van der Waals surface area contributed by atoms with Gasteiger partial charge in [0.15, 0.2) is 5.76 Å². The van der Waals surface area contributed by atoms with E-state index in [9.17, 15) is 0 Å². The molecular weight excluding hydrogens is 382 g/mol. The van der Waals surface area contributed by atoms with E-state index in [1.165, 1.54) is 0 Å². The van der Waals surface area contributed by atoms with Crippen molar-refractivity contribution in [2.75, 3.05) is 7.11 Å². The van der Waals surface area contributed by atoms with E-state index in [0.29, 0.717) is 5.76 Å². The molecule has 0 N–H and O–H groups in total. The summed E-state index contributed by atoms with van der Waals surface area (Å²) in [5.74, 6) is 1.49. The molecule has 0 aliphatic rings. The van der Waals surface area contributed by atoms with Gasteiger partial charge in [-0.25, -0.2) is 0 Å². The Hall–Kier alpha value is -2.79. The molecule has 25 heavy (non-hydrogen) atoms. The normalized spacial score (nSPS) is 11.6. The molecular formula is C20H12BrNO3. The lowest BCUT2D eigenvalue weighted by Gasteiger charge is -2.01. The molecule has 4 nitrogen and oxygen atoms in total. The van der Waals surface area contributed by atoms with Crippen LogP contribution in [0.4, 0.5) is 0 Å². The van der Waals surface area contributed by atoms with E-state index < -0.39 is 0 Å². The van der Waals surface area contributed by atoms with Gasteiger partial charge in [-0.3, -0.25) is 0 Å². The molecule has 2 heterocycles. The molecule has 5 aromatic rings. The first kappa shape index (κ1) is 14.5. The summed E-state index contributed by atoms with van der Waals surface area (Å²) in [6.07, 6.45) is 0. The number of methoxy groups -OCH3 is 1. The summed E-state index contributed by atoms with van der Waals surface area (Å²) < 4.78 is 18.0. The van der Waals surface area contributed by atoms with E-state index in [4.69, 9.17) is 13.7 Å². The molecule has 0 aliphatic carbocycles. The predicted octanol–water partition coefficient (Wildman–Crippen LogP) is 6.17. The zero-order chi connectivity index (χ0) is 17.0. The van der Waals surface area contributed by atoms with Crippen LogP contribution in [0.5, 0.6) is 5.75 Å². The molecule has 5 rings (SSSR count). The highest BCUT2D eigenvalue weighted by Crippen LogP contribution is 2.39. The van der Waals surface area contributed by atoms with Crippen LogP contribution in [0.15, 0.2) is 68.0 Å². The zero-order valence-electron chi connectivity index (χ0n) is 13.2. The Morgan fingerprint density at radius 2 is 1.80 bits per heavy atom. The summed E-state index contributed by atoms with van der Waals surface area (Å²) in [5, 5.41) is 7.19. The van der Waals surface area contributed by atoms with Crippen molar-refractivity contribution in [2.24, 2.45) is 0 Å². The molecule has 0 saturated carbocycles. The molecule has 0 bridgehead atoms. The number of nitrogens with zero attached hydrogens (tertiary/aromatic N) is 1. The van der Waals surface area contributed by atoms with E-state index in [1.807, 2.05) is 48.5 Å². The van der Waals surface area contributed by atoms with Gasteiger partial charge in [-0.1, -0.05) is 21.1 Å². The third-order valence-electron chi connectivity index (χ3n) is 4.39. The van der Waals surface area contributed by atoms with Crippen molar-refractivity contribution in [3.05, 3.63) is 59.1 Å². The van der Waals surface area contributed by atoms with Gasteiger partial charge in [-0.15, -0.1) is 0 Å². The first-order valence-corrected chi connectivity index (χ1v) is 8.58. The second-order valence-electron chi connectivity index (χ2n) is 5.82. The van der Waals surface area contributed by atoms with Gasteiger partial charge in [0, 0.05) is 20.8 Å². The maximum absolute atomic E-state index is 6.14. The lowest BCUT2D eigenvalue weighted by atomic mass is 10.1. The third-order valence-corrected chi connectivity index (χ3v) is 4.89. The molecule has 0 spiro atoms. The first-order valence-electron chi connectivity index (χ1n) is 7.79. The minimum Gasteiger partial charge on any atom is -0.497 e. The topological polar surface area (TPSA) is 48.4 Å². The Morgan fingerprint density at radius 1 is 0.960 bits per heavy atom. The van der Waals surface area contributed by atoms with Crippen LogP contribution in [0.2, 0.25) is 0 Å². The van der Waals surface area contributed by atoms with Crippen molar-refractivity contribution >= 4 is 48.8 Å². The fourth-order valence-electron chi connectivity index (χ4n) is 3.18. The summed E-state index contributed by atoms with van der Waals surface area (Å²) in [6.45, 7) is 0. The van der Waals surface area contributed by atoms with Gasteiger partial charge in [0.25, 0.3) is 0 Å². The molecule has 0 saturated heterocycles. The van der Waals surface area contributed by atoms with Gasteiger partial charge in [0.05, 0.1) is 12.5 Å². The number of fused-ring (bicyclic) bond motifs is 5. The Labute approximate surface area is 151 Å². The van der Waals surface area contributed by atoms with E-state index in [-0.39, 0.29) is 0 Å². The third kappa shape index (κ3) is 2.16. The molecule has 0 unspecified atom stereocenters. The molecule has 0 fully saturated rings. The van der Waals surface area contributed by atoms with Crippen LogP contribution in [0.3, 0.4) is 0 Å². The van der Waals surface area contributed by atoms with Crippen LogP contribution in [0, 0.1) is 0 Å². The molecule has 122 valence electrons. The predicted molar refractivity (Wildman–Crippen MR) is 101 cm³/mol. The number of halogens is 1. The van der Waals surface area contributed by atoms with Crippen LogP contribution < -0.4 is 4.74 Å². The van der Waals surface area contributed by atoms with E-state index in [1.54, 1.807) is 7.11 Å². The number of benzene rings is 3. The Morgan fingerprint density at radius 3 is 2.60 bits per heavy atom. The van der Waals surface area contributed by atoms with Gasteiger partial charge in [-0.05, 0) is 54.6 Å². The Bertz CT molecular complexity index is 1230. The first-order chi connectivity index (χ1) is 12.2. The second-order valence-corrected chi connectivity index (χ2v) is 6.73. The highest BCUT2D eigenvalue weighted by Gasteiger charge is 2.18. The molecule has 0 atom stereocenters. The van der Waals surface area contributed by atoms with Crippen LogP contribution in [-0.2, 0) is 0 Å². The molecule has 0 amide bonds. The zero-order valence-corrected chi connectivity index (χ0v) is 14.8. The van der Waals surface area contributed by atoms with Crippen molar-refractivity contribution in [3.63, 3.8) is 0 Å². The summed E-state index contributed by atoms with van der Waals surface area (Å²) >= 11 is 3.53. The number of hydrogen-bond acceptors (Lipinski definition) is 4. The Kier molecular flexibility index (Phi) is 3.12. The van der Waals surface area contributed by atoms with Crippen molar-refractivity contribution in [1.29, 1.82) is 0 Å². The van der Waals surface area contributed by atoms with Crippen LogP contribution >= 0.6 is 15.9 Å². The minimum absolute atomic E-state index is 0.696. The van der Waals surface area contributed by atoms with Crippen molar-refractivity contribution < 1.29 is 13.7 Å². The average molecular weight is 394 g/mol. The molecule has 0 radical (unpaired) electrons. The average Bonchev–Trinajstić information content (AvgIpc) is 3.22. The maximum atomic E-state index is 6.14. The summed E-state index contributed by atoms with van der Waals surface area (Å²) in [4.78, 5) is 0. The van der Waals surface area contributed by atoms with E-state index in [0.717, 1.165) is 48.6 Å². The summed E-state index contributed by atoms with van der Waals surface area (Å²) in [7, 11) is 1.65. The fraction of sp³-hybridized carbons (Fsp3) is 0.0500. The van der Waals surface area contributed by atoms with Crippen molar-refractivity contribution in [1.82, 2.24) is 5.16 Å². The standard InChI is InChI=1S/C20H12BrNO3/c1-23-13-5-2-11(3-6-13)19-18-16(22-25-19)8-7-14-15-10-12(21)4-9-17(15)24-20(14)18/h2-10H,1H3. The molecule has 3 aromatic carbocycles. The molecule has 5 heteroatoms. The van der Waals surface area contributed by atoms with Gasteiger partial charge in [0.1, 0.15) is 22.4 Å². The highest BCUT2D eigenvalue weighted by molar-refractivity contribution is 9.10. The Balaban J connectivity index is 1.85. The number of furan rings is 1. The smallest absolute Gasteiger partial charge is 0.178 e. The van der Waals surface area contributed by atoms with E-state index >= 15 is 0 Å². The fourth-order valence-corrected chi connectivity index (χ4v) is 3.54. The van der Waals surface area contributed by atoms with Crippen LogP contribution in [0.1, 0.15) is 0 Å². The number of rotatable bonds is 2. The van der Waals surface area contributed by atoms with Gasteiger partial charge in [-0.2, -0.15) is 0 Å². The summed E-state index contributed by atoms with van der Waals surface area (Å²) in [5.41, 5.74) is 3.33. The largest absolute Gasteiger partial charge is 0.497 e. The highest BCUT2D eigenvalue weighted by atomic mass is 79.9. The molecule has 2 aromatic heterocycles. The number of aromatic nitrogens is 1. The molecule has 0 aliphatic heterocycles. The van der Waals surface area contributed by atoms with Crippen molar-refractivity contribution in [3.8, 4) is 17.1 Å². The minimum atomic E-state index is 0.696. The number of ether oxygens (including phenoxy) is 1. The lowest BCUT2D eigenvalue weighted by Crippen LogP contribution is -1.82. The van der Waals surface area contributed by atoms with Crippen LogP contribution in [0.25, 0.3) is 44.2 Å². The van der Waals surface area contributed by atoms with E-state index in [2.05, 4.69) is 27.2 Å². The monoisotopic (exact) mass is 393 g/mol. The quantitative estimate of drug-likeness (QED) is 0.360. The van der Waals surface area contributed by atoms with Gasteiger partial charge >= 0.3 is 0 Å². The van der Waals surface area contributed by atoms with Crippen molar-refractivity contribution in [2.45, 2.75) is 0 Å². The number of hydrogen-bond donors (Lipinski definition) is 0. The maximum Gasteiger partial charge on any atom is 0.178 e.